The number of allylic oxidation sites excluding steroid dienone is 1. The Morgan fingerprint density at radius 1 is 1.24 bits per heavy atom. The first-order valence-corrected chi connectivity index (χ1v) is 9.89. The Morgan fingerprint density at radius 2 is 1.97 bits per heavy atom. The molecule has 7 nitrogen and oxygen atoms in total. The van der Waals surface area contributed by atoms with Crippen molar-refractivity contribution in [1.29, 1.82) is 0 Å². The van der Waals surface area contributed by atoms with Crippen LogP contribution >= 0.6 is 11.8 Å². The molecule has 0 radical (unpaired) electrons. The van der Waals surface area contributed by atoms with E-state index >= 15 is 0 Å². The van der Waals surface area contributed by atoms with E-state index in [2.05, 4.69) is 6.58 Å². The Labute approximate surface area is 174 Å². The molecule has 0 aromatic heterocycles. The summed E-state index contributed by atoms with van der Waals surface area (Å²) >= 11 is 0.784. The smallest absolute Gasteiger partial charge is 0.326 e. The van der Waals surface area contributed by atoms with Crippen molar-refractivity contribution in [2.24, 2.45) is 5.92 Å². The number of carbonyl (C=O) groups excluding carboxylic acids is 3. The quantitative estimate of drug-likeness (QED) is 0.343. The van der Waals surface area contributed by atoms with Gasteiger partial charge < -0.3 is 14.2 Å². The summed E-state index contributed by atoms with van der Waals surface area (Å²) in [7, 11) is 3.07. The van der Waals surface area contributed by atoms with Gasteiger partial charge in [-0.2, -0.15) is 0 Å². The van der Waals surface area contributed by atoms with Crippen LogP contribution in [0.25, 0.3) is 6.08 Å². The molecular formula is C21H25NO6S. The third-order valence-electron chi connectivity index (χ3n) is 3.98. The normalized spacial score (nSPS) is 15.2. The molecular weight excluding hydrogens is 394 g/mol. The predicted octanol–water partition coefficient (Wildman–Crippen LogP) is 3.67. The second-order valence-electron chi connectivity index (χ2n) is 6.75. The van der Waals surface area contributed by atoms with E-state index in [1.165, 1.54) is 7.11 Å². The molecule has 1 aliphatic heterocycles. The molecule has 1 fully saturated rings. The van der Waals surface area contributed by atoms with Gasteiger partial charge in [-0.15, -0.1) is 6.58 Å². The van der Waals surface area contributed by atoms with Crippen molar-refractivity contribution in [3.8, 4) is 11.5 Å². The molecule has 0 atom stereocenters. The van der Waals surface area contributed by atoms with Gasteiger partial charge in [0.25, 0.3) is 11.1 Å². The number of nitrogens with zero attached hydrogens (tertiary/aromatic N) is 1. The van der Waals surface area contributed by atoms with Gasteiger partial charge >= 0.3 is 5.97 Å². The van der Waals surface area contributed by atoms with Gasteiger partial charge in [0, 0.05) is 5.56 Å². The molecule has 0 bridgehead atoms. The van der Waals surface area contributed by atoms with Crippen LogP contribution in [0.2, 0.25) is 0 Å². The average Bonchev–Trinajstić information content (AvgIpc) is 2.93. The molecule has 1 aromatic rings. The minimum atomic E-state index is -0.610. The van der Waals surface area contributed by atoms with Gasteiger partial charge in [0.2, 0.25) is 0 Å². The highest BCUT2D eigenvalue weighted by molar-refractivity contribution is 8.18. The molecule has 0 N–H and O–H groups in total. The van der Waals surface area contributed by atoms with E-state index in [1.807, 2.05) is 19.9 Å². The summed E-state index contributed by atoms with van der Waals surface area (Å²) < 4.78 is 15.8. The molecule has 156 valence electrons. The molecule has 2 amide bonds. The summed E-state index contributed by atoms with van der Waals surface area (Å²) in [5.74, 6) is 0.131. The first-order valence-electron chi connectivity index (χ1n) is 9.07. The molecule has 0 aliphatic carbocycles. The number of methoxy groups -OCH3 is 2. The summed E-state index contributed by atoms with van der Waals surface area (Å²) in [4.78, 5) is 37.8. The third kappa shape index (κ3) is 5.63. The van der Waals surface area contributed by atoms with Crippen LogP contribution in [-0.4, -0.2) is 49.4 Å². The van der Waals surface area contributed by atoms with Gasteiger partial charge in [-0.1, -0.05) is 19.9 Å². The number of benzene rings is 1. The van der Waals surface area contributed by atoms with Gasteiger partial charge in [0.05, 0.1) is 25.7 Å². The average molecular weight is 419 g/mol. The van der Waals surface area contributed by atoms with Crippen molar-refractivity contribution in [2.75, 3.05) is 27.4 Å². The summed E-state index contributed by atoms with van der Waals surface area (Å²) in [5.41, 5.74) is 1.51. The lowest BCUT2D eigenvalue weighted by Gasteiger charge is -2.13. The van der Waals surface area contributed by atoms with E-state index in [0.29, 0.717) is 23.5 Å². The minimum absolute atomic E-state index is 0.170. The number of amides is 2. The van der Waals surface area contributed by atoms with Gasteiger partial charge in [0.1, 0.15) is 6.54 Å². The van der Waals surface area contributed by atoms with Gasteiger partial charge in [-0.3, -0.25) is 19.3 Å². The molecule has 0 unspecified atom stereocenters. The van der Waals surface area contributed by atoms with Crippen molar-refractivity contribution in [2.45, 2.75) is 20.3 Å². The van der Waals surface area contributed by atoms with Crippen LogP contribution in [-0.2, 0) is 20.7 Å². The SMILES string of the molecule is C=CCc1cc(/C=C2\SC(=O)N(CC(=O)OCC(C)C)C2=O)cc(OC)c1OC. The lowest BCUT2D eigenvalue weighted by molar-refractivity contribution is -0.147. The second-order valence-corrected chi connectivity index (χ2v) is 7.75. The van der Waals surface area contributed by atoms with E-state index in [9.17, 15) is 14.4 Å². The first kappa shape index (κ1) is 22.5. The maximum Gasteiger partial charge on any atom is 0.326 e. The third-order valence-corrected chi connectivity index (χ3v) is 4.89. The zero-order chi connectivity index (χ0) is 21.6. The van der Waals surface area contributed by atoms with E-state index in [0.717, 1.165) is 22.2 Å². The van der Waals surface area contributed by atoms with E-state index < -0.39 is 23.7 Å². The van der Waals surface area contributed by atoms with Crippen molar-refractivity contribution in [3.05, 3.63) is 40.8 Å². The lowest BCUT2D eigenvalue weighted by atomic mass is 10.0. The first-order chi connectivity index (χ1) is 13.8. The predicted molar refractivity (Wildman–Crippen MR) is 112 cm³/mol. The van der Waals surface area contributed by atoms with E-state index in [1.54, 1.807) is 25.3 Å². The number of ether oxygens (including phenoxy) is 3. The zero-order valence-electron chi connectivity index (χ0n) is 17.0. The van der Waals surface area contributed by atoms with E-state index in [-0.39, 0.29) is 17.4 Å². The summed E-state index contributed by atoms with van der Waals surface area (Å²) in [6.45, 7) is 7.38. The maximum atomic E-state index is 12.6. The van der Waals surface area contributed by atoms with Crippen LogP contribution in [0, 0.1) is 5.92 Å². The number of esters is 1. The molecule has 1 aliphatic rings. The van der Waals surface area contributed by atoms with Crippen LogP contribution in [0.1, 0.15) is 25.0 Å². The highest BCUT2D eigenvalue weighted by atomic mass is 32.2. The highest BCUT2D eigenvalue weighted by Crippen LogP contribution is 2.36. The fourth-order valence-electron chi connectivity index (χ4n) is 2.68. The van der Waals surface area contributed by atoms with Crippen molar-refractivity contribution in [1.82, 2.24) is 4.90 Å². The summed E-state index contributed by atoms with van der Waals surface area (Å²) in [5, 5.41) is -0.505. The number of thioether (sulfide) groups is 1. The number of imide groups is 1. The van der Waals surface area contributed by atoms with Crippen LogP contribution in [0.5, 0.6) is 11.5 Å². The largest absolute Gasteiger partial charge is 0.493 e. The Morgan fingerprint density at radius 3 is 2.55 bits per heavy atom. The van der Waals surface area contributed by atoms with Gasteiger partial charge in [-0.25, -0.2) is 0 Å². The molecule has 29 heavy (non-hydrogen) atoms. The Hall–Kier alpha value is -2.74. The molecule has 1 heterocycles. The summed E-state index contributed by atoms with van der Waals surface area (Å²) in [6, 6.07) is 3.56. The maximum absolute atomic E-state index is 12.6. The van der Waals surface area contributed by atoms with Crippen molar-refractivity contribution < 1.29 is 28.6 Å². The monoisotopic (exact) mass is 419 g/mol. The standard InChI is InChI=1S/C21H25NO6S/c1-6-7-15-8-14(9-16(26-4)19(15)27-5)10-17-20(24)22(21(25)29-17)11-18(23)28-12-13(2)3/h6,8-10,13H,1,7,11-12H2,2-5H3/b17-10-. The number of rotatable bonds is 9. The molecule has 2 rings (SSSR count). The Balaban J connectivity index is 2.25. The second kappa shape index (κ2) is 10.2. The fourth-order valence-corrected chi connectivity index (χ4v) is 3.52. The topological polar surface area (TPSA) is 82.1 Å². The van der Waals surface area contributed by atoms with Crippen LogP contribution in [0.3, 0.4) is 0 Å². The van der Waals surface area contributed by atoms with Crippen molar-refractivity contribution >= 4 is 35.0 Å². The number of carbonyl (C=O) groups is 3. The molecule has 8 heteroatoms. The molecule has 0 spiro atoms. The highest BCUT2D eigenvalue weighted by Gasteiger charge is 2.36. The number of hydrogen-bond donors (Lipinski definition) is 0. The molecule has 0 saturated carbocycles. The van der Waals surface area contributed by atoms with Crippen LogP contribution in [0.15, 0.2) is 29.7 Å². The lowest BCUT2D eigenvalue weighted by Crippen LogP contribution is -2.34. The van der Waals surface area contributed by atoms with Gasteiger partial charge in [0.15, 0.2) is 11.5 Å². The zero-order valence-corrected chi connectivity index (χ0v) is 17.8. The number of hydrogen-bond acceptors (Lipinski definition) is 7. The molecule has 1 aromatic carbocycles. The van der Waals surface area contributed by atoms with Gasteiger partial charge in [-0.05, 0) is 47.9 Å². The summed E-state index contributed by atoms with van der Waals surface area (Å²) in [6.07, 6.45) is 3.88. The Kier molecular flexibility index (Phi) is 7.90. The van der Waals surface area contributed by atoms with Crippen molar-refractivity contribution in [3.63, 3.8) is 0 Å². The Bertz CT molecular complexity index is 846. The fraction of sp³-hybridized carbons (Fsp3) is 0.381. The van der Waals surface area contributed by atoms with Crippen LogP contribution < -0.4 is 9.47 Å². The van der Waals surface area contributed by atoms with E-state index in [4.69, 9.17) is 14.2 Å². The molecule has 1 saturated heterocycles. The van der Waals surface area contributed by atoms with Crippen LogP contribution in [0.4, 0.5) is 4.79 Å². The minimum Gasteiger partial charge on any atom is -0.493 e.